The first kappa shape index (κ1) is 24.9. The Bertz CT molecular complexity index is 901. The van der Waals surface area contributed by atoms with Gasteiger partial charge in [0.05, 0.1) is 13.1 Å². The average Bonchev–Trinajstić information content (AvgIpc) is 2.77. The lowest BCUT2D eigenvalue weighted by molar-refractivity contribution is -0.123. The Kier molecular flexibility index (Phi) is 8.64. The summed E-state index contributed by atoms with van der Waals surface area (Å²) in [5.74, 6) is 0.227. The molecule has 1 fully saturated rings. The summed E-state index contributed by atoms with van der Waals surface area (Å²) in [7, 11) is 0. The summed E-state index contributed by atoms with van der Waals surface area (Å²) in [6.07, 6.45) is 0. The van der Waals surface area contributed by atoms with Crippen LogP contribution in [0.15, 0.2) is 60.7 Å². The van der Waals surface area contributed by atoms with Crippen molar-refractivity contribution < 1.29 is 9.59 Å². The molecule has 0 spiro atoms. The van der Waals surface area contributed by atoms with Gasteiger partial charge >= 0.3 is 0 Å². The van der Waals surface area contributed by atoms with E-state index in [4.69, 9.17) is 0 Å². The number of amides is 2. The van der Waals surface area contributed by atoms with Gasteiger partial charge in [0.15, 0.2) is 0 Å². The zero-order valence-corrected chi connectivity index (χ0v) is 20.6. The lowest BCUT2D eigenvalue weighted by atomic mass is 10.1. The van der Waals surface area contributed by atoms with Crippen molar-refractivity contribution in [2.45, 2.75) is 52.7 Å². The maximum absolute atomic E-state index is 13.2. The van der Waals surface area contributed by atoms with Gasteiger partial charge in [0.2, 0.25) is 11.8 Å². The Balaban J connectivity index is 1.59. The summed E-state index contributed by atoms with van der Waals surface area (Å²) in [5.41, 5.74) is 1.87. The van der Waals surface area contributed by atoms with E-state index in [-0.39, 0.29) is 29.9 Å². The first-order chi connectivity index (χ1) is 15.8. The molecule has 6 heteroatoms. The molecule has 1 unspecified atom stereocenters. The van der Waals surface area contributed by atoms with Crippen molar-refractivity contribution in [3.05, 3.63) is 60.7 Å². The molecule has 0 saturated carbocycles. The number of carbonyl (C=O) groups excluding carboxylic acids is 2. The van der Waals surface area contributed by atoms with Crippen molar-refractivity contribution in [2.24, 2.45) is 0 Å². The second kappa shape index (κ2) is 11.4. The van der Waals surface area contributed by atoms with E-state index in [2.05, 4.69) is 16.7 Å². The van der Waals surface area contributed by atoms with Crippen molar-refractivity contribution in [3.8, 4) is 0 Å². The third kappa shape index (κ3) is 6.42. The summed E-state index contributed by atoms with van der Waals surface area (Å²) in [6.45, 7) is 13.4. The van der Waals surface area contributed by atoms with Crippen LogP contribution in [-0.2, 0) is 9.59 Å². The van der Waals surface area contributed by atoms with Crippen LogP contribution < -0.4 is 9.80 Å². The highest BCUT2D eigenvalue weighted by molar-refractivity contribution is 5.96. The standard InChI is InChI=1S/C27H38N4O2/c1-21(2)30(24-12-8-6-9-13-24)26(32)19-28-16-17-29(23(5)18-28)20-27(33)31(22(3)4)25-14-10-7-11-15-25/h6-15,21-23H,16-20H2,1-5H3. The van der Waals surface area contributed by atoms with Crippen molar-refractivity contribution in [3.63, 3.8) is 0 Å². The van der Waals surface area contributed by atoms with E-state index in [1.165, 1.54) is 0 Å². The topological polar surface area (TPSA) is 47.1 Å². The highest BCUT2D eigenvalue weighted by Gasteiger charge is 2.30. The number of hydrogen-bond acceptors (Lipinski definition) is 4. The minimum Gasteiger partial charge on any atom is -0.309 e. The van der Waals surface area contributed by atoms with E-state index in [0.717, 1.165) is 31.0 Å². The third-order valence-electron chi connectivity index (χ3n) is 6.19. The van der Waals surface area contributed by atoms with Crippen molar-refractivity contribution >= 4 is 23.2 Å². The molecule has 1 aliphatic rings. The number of benzene rings is 2. The highest BCUT2D eigenvalue weighted by Crippen LogP contribution is 2.20. The van der Waals surface area contributed by atoms with Crippen LogP contribution in [0.2, 0.25) is 0 Å². The van der Waals surface area contributed by atoms with E-state index >= 15 is 0 Å². The zero-order valence-electron chi connectivity index (χ0n) is 20.6. The van der Waals surface area contributed by atoms with Crippen molar-refractivity contribution in [2.75, 3.05) is 42.5 Å². The van der Waals surface area contributed by atoms with Gasteiger partial charge in [-0.3, -0.25) is 19.4 Å². The Hall–Kier alpha value is -2.70. The van der Waals surface area contributed by atoms with Crippen LogP contribution in [0.3, 0.4) is 0 Å². The molecule has 1 atom stereocenters. The van der Waals surface area contributed by atoms with Crippen LogP contribution in [0.25, 0.3) is 0 Å². The van der Waals surface area contributed by atoms with Gasteiger partial charge in [0, 0.05) is 49.1 Å². The Morgan fingerprint density at radius 1 is 0.788 bits per heavy atom. The minimum atomic E-state index is 0.0918. The summed E-state index contributed by atoms with van der Waals surface area (Å²) >= 11 is 0. The van der Waals surface area contributed by atoms with Gasteiger partial charge in [-0.25, -0.2) is 0 Å². The summed E-state index contributed by atoms with van der Waals surface area (Å²) < 4.78 is 0. The van der Waals surface area contributed by atoms with Crippen LogP contribution in [0, 0.1) is 0 Å². The number of nitrogens with zero attached hydrogens (tertiary/aromatic N) is 4. The first-order valence-corrected chi connectivity index (χ1v) is 12.0. The molecular formula is C27H38N4O2. The predicted molar refractivity (Wildman–Crippen MR) is 136 cm³/mol. The molecule has 0 aromatic heterocycles. The molecule has 0 radical (unpaired) electrons. The maximum atomic E-state index is 13.2. The molecule has 0 bridgehead atoms. The predicted octanol–water partition coefficient (Wildman–Crippen LogP) is 3.88. The largest absolute Gasteiger partial charge is 0.309 e. The highest BCUT2D eigenvalue weighted by atomic mass is 16.2. The van der Waals surface area contributed by atoms with E-state index < -0.39 is 0 Å². The Morgan fingerprint density at radius 2 is 1.24 bits per heavy atom. The van der Waals surface area contributed by atoms with Crippen molar-refractivity contribution in [1.29, 1.82) is 0 Å². The SMILES string of the molecule is CC1CN(CC(=O)N(c2ccccc2)C(C)C)CCN1CC(=O)N(c1ccccc1)C(C)C. The molecule has 2 amide bonds. The molecule has 1 saturated heterocycles. The number of carbonyl (C=O) groups is 2. The van der Waals surface area contributed by atoms with E-state index in [0.29, 0.717) is 13.1 Å². The van der Waals surface area contributed by atoms with Gasteiger partial charge in [0.25, 0.3) is 0 Å². The van der Waals surface area contributed by atoms with Gasteiger partial charge in [-0.1, -0.05) is 36.4 Å². The van der Waals surface area contributed by atoms with E-state index in [9.17, 15) is 9.59 Å². The molecule has 6 nitrogen and oxygen atoms in total. The second-order valence-electron chi connectivity index (χ2n) is 9.44. The van der Waals surface area contributed by atoms with Gasteiger partial charge in [-0.2, -0.15) is 0 Å². The monoisotopic (exact) mass is 450 g/mol. The molecule has 0 aliphatic carbocycles. The van der Waals surface area contributed by atoms with E-state index in [1.54, 1.807) is 0 Å². The summed E-state index contributed by atoms with van der Waals surface area (Å²) in [5, 5.41) is 0. The van der Waals surface area contributed by atoms with Crippen LogP contribution in [-0.4, -0.2) is 72.5 Å². The maximum Gasteiger partial charge on any atom is 0.241 e. The quantitative estimate of drug-likeness (QED) is 0.613. The van der Waals surface area contributed by atoms with Gasteiger partial charge in [0.1, 0.15) is 0 Å². The van der Waals surface area contributed by atoms with Crippen LogP contribution in [0.1, 0.15) is 34.6 Å². The zero-order chi connectivity index (χ0) is 24.0. The molecular weight excluding hydrogens is 412 g/mol. The van der Waals surface area contributed by atoms with Crippen LogP contribution in [0.4, 0.5) is 11.4 Å². The smallest absolute Gasteiger partial charge is 0.241 e. The number of anilines is 2. The number of piperazine rings is 1. The second-order valence-corrected chi connectivity index (χ2v) is 9.44. The minimum absolute atomic E-state index is 0.0918. The normalized spacial score (nSPS) is 17.4. The number of para-hydroxylation sites is 2. The number of rotatable bonds is 8. The lowest BCUT2D eigenvalue weighted by Gasteiger charge is -2.41. The average molecular weight is 451 g/mol. The van der Waals surface area contributed by atoms with Crippen LogP contribution >= 0.6 is 0 Å². The van der Waals surface area contributed by atoms with Gasteiger partial charge < -0.3 is 9.80 Å². The molecule has 2 aromatic rings. The molecule has 2 aromatic carbocycles. The summed E-state index contributed by atoms with van der Waals surface area (Å²) in [6, 6.07) is 20.1. The Morgan fingerprint density at radius 3 is 1.67 bits per heavy atom. The fraction of sp³-hybridized carbons (Fsp3) is 0.481. The molecule has 33 heavy (non-hydrogen) atoms. The van der Waals surface area contributed by atoms with Gasteiger partial charge in [-0.05, 0) is 58.9 Å². The Labute approximate surface area is 198 Å². The van der Waals surface area contributed by atoms with Crippen LogP contribution in [0.5, 0.6) is 0 Å². The fourth-order valence-electron chi connectivity index (χ4n) is 4.60. The number of hydrogen-bond donors (Lipinski definition) is 0. The molecule has 0 N–H and O–H groups in total. The third-order valence-corrected chi connectivity index (χ3v) is 6.19. The van der Waals surface area contributed by atoms with Gasteiger partial charge in [-0.15, -0.1) is 0 Å². The summed E-state index contributed by atoms with van der Waals surface area (Å²) in [4.78, 5) is 34.5. The lowest BCUT2D eigenvalue weighted by Crippen LogP contribution is -2.57. The van der Waals surface area contributed by atoms with Crippen molar-refractivity contribution in [1.82, 2.24) is 9.80 Å². The molecule has 178 valence electrons. The fourth-order valence-corrected chi connectivity index (χ4v) is 4.60. The molecule has 1 heterocycles. The molecule has 3 rings (SSSR count). The first-order valence-electron chi connectivity index (χ1n) is 12.0. The van der Waals surface area contributed by atoms with E-state index in [1.807, 2.05) is 98.2 Å². The molecule has 1 aliphatic heterocycles.